The molecule has 0 saturated carbocycles. The Bertz CT molecular complexity index is 4890. The molecule has 0 spiro atoms. The van der Waals surface area contributed by atoms with Crippen molar-refractivity contribution in [3.8, 4) is 11.1 Å². The Labute approximate surface area is 736 Å². The molecule has 1 aliphatic carbocycles. The van der Waals surface area contributed by atoms with Crippen LogP contribution in [0.3, 0.4) is 0 Å². The number of aliphatic carboxylic acids is 3. The summed E-state index contributed by atoms with van der Waals surface area (Å²) >= 11 is 7.94. The molecular formula is C91H93B2N8Ni3O11PS2+2. The standard InChI is InChI=1S/C35H35N3O3.C28H29N3O3.C25H23NO4.C3H6NOS.B2H2PS.3Ni/c1-35(34(40)41,24-26-14-5-2-6-15-26)37-32(28-18-9-4-10-19-28)29-20-11-12-21-30(29)36-33(39)31-22-13-23-38(31)25-27-16-7-3-8-17-27;1-20(28(33)34)29-26(22-13-6-3-7-14-22)23-15-8-9-16-24(23)30-27(32)25-17-10-18-31(25)19-21-11-4-2-5-12-21;1-25(23(27)28,15-17-9-3-2-4-10-17)26-24(29)30-16-22-20-13-7-5-11-18(20)19-12-6-8-14-21(19)22;1-3(2-5)4-6;1-2(3)4;;;/h2-12,14-21,31H,13,22-25H2,1H3,(H2,36,37,39,40,41);2-9,11-16,20,25H,10,17-19H2,1H3,(H2,29,30,32,33,34);2-14,22H,15-16H2,1H3,(H,26,29)(H,27,28);3-4,6H,1H3;3H2;;;/q;;;2*-1;3*+2/p-2/t31?,35-;20-,25?;25-;;;;;/m000...../s1. The van der Waals surface area contributed by atoms with Gasteiger partial charge < -0.3 is 62.9 Å². The number of carbonyl (C=O) groups is 6. The molecule has 2 aliphatic heterocycles. The van der Waals surface area contributed by atoms with Gasteiger partial charge in [0.1, 0.15) is 18.2 Å². The van der Waals surface area contributed by atoms with E-state index >= 15 is 0 Å². The Kier molecular flexibility index (Phi) is 40.5. The summed E-state index contributed by atoms with van der Waals surface area (Å²) in [7, 11) is 7.14. The van der Waals surface area contributed by atoms with E-state index in [4.69, 9.17) is 17.5 Å². The molecule has 614 valence electrons. The summed E-state index contributed by atoms with van der Waals surface area (Å²) in [6.45, 7) is 9.57. The number of para-hydroxylation sites is 2. The van der Waals surface area contributed by atoms with Gasteiger partial charge in [-0.2, -0.15) is 0 Å². The molecule has 118 heavy (non-hydrogen) atoms. The molecule has 2 radical (unpaired) electrons. The third-order valence-corrected chi connectivity index (χ3v) is 19.9. The maximum atomic E-state index is 13.6. The Morgan fingerprint density at radius 1 is 0.559 bits per heavy atom. The average molecular weight is 1770 g/mol. The van der Waals surface area contributed by atoms with Crippen LogP contribution in [0.5, 0.6) is 0 Å². The van der Waals surface area contributed by atoms with Crippen molar-refractivity contribution in [3.63, 3.8) is 0 Å². The maximum Gasteiger partial charge on any atom is 2.00 e. The van der Waals surface area contributed by atoms with Crippen molar-refractivity contribution in [1.82, 2.24) is 19.8 Å². The van der Waals surface area contributed by atoms with Crippen LogP contribution in [-0.4, -0.2) is 147 Å². The molecule has 3 amide bonds. The fourth-order valence-corrected chi connectivity index (χ4v) is 13.7. The van der Waals surface area contributed by atoms with Crippen LogP contribution in [-0.2, 0) is 121 Å². The zero-order valence-corrected chi connectivity index (χ0v) is 71.4. The summed E-state index contributed by atoms with van der Waals surface area (Å²) in [6.07, 6.45) is 4.73. The number of nitrogens with one attached hydrogen (secondary N) is 2. The van der Waals surface area contributed by atoms with Crippen molar-refractivity contribution in [3.05, 3.63) is 345 Å². The molecule has 2 fully saturated rings. The predicted molar refractivity (Wildman–Crippen MR) is 466 cm³/mol. The molecule has 13 rings (SSSR count). The fourth-order valence-electron chi connectivity index (χ4n) is 13.6. The summed E-state index contributed by atoms with van der Waals surface area (Å²) in [5.74, 6) is -3.60. The number of ether oxygens (including phenoxy) is 1. The second-order valence-corrected chi connectivity index (χ2v) is 30.3. The van der Waals surface area contributed by atoms with Crippen molar-refractivity contribution in [1.29, 1.82) is 0 Å². The first-order valence-electron chi connectivity index (χ1n) is 37.9. The van der Waals surface area contributed by atoms with Crippen LogP contribution in [0.15, 0.2) is 289 Å². The first-order valence-corrected chi connectivity index (χ1v) is 39.5. The van der Waals surface area contributed by atoms with Gasteiger partial charge >= 0.3 is 73.5 Å². The molecule has 2 saturated heterocycles. The van der Waals surface area contributed by atoms with Crippen LogP contribution in [0, 0.1) is 0 Å². The van der Waals surface area contributed by atoms with E-state index in [1.165, 1.54) is 19.4 Å². The Hall–Kier alpha value is -9.55. The smallest absolute Gasteiger partial charge is 0.828 e. The molecule has 7 atom stereocenters. The minimum Gasteiger partial charge on any atom is -0.828 e. The second kappa shape index (κ2) is 49.1. The van der Waals surface area contributed by atoms with Gasteiger partial charge in [-0.05, 0) is 129 Å². The number of alkyl carbamates (subject to hydrolysis) is 1. The third-order valence-electron chi connectivity index (χ3n) is 19.5. The van der Waals surface area contributed by atoms with Crippen LogP contribution in [0.25, 0.3) is 21.8 Å². The van der Waals surface area contributed by atoms with E-state index in [2.05, 4.69) is 106 Å². The zero-order chi connectivity index (χ0) is 82.3. The number of hydrogen-bond acceptors (Lipinski definition) is 15. The normalized spacial score (nSPS) is 15.5. The molecule has 3 aliphatic rings. The van der Waals surface area contributed by atoms with Crippen molar-refractivity contribution in [2.45, 2.75) is 120 Å². The molecule has 0 bridgehead atoms. The Morgan fingerprint density at radius 2 is 0.924 bits per heavy atom. The van der Waals surface area contributed by atoms with Gasteiger partial charge in [-0.15, -0.1) is 24.2 Å². The monoisotopic (exact) mass is 1760 g/mol. The van der Waals surface area contributed by atoms with E-state index in [0.29, 0.717) is 47.0 Å². The number of hydrogen-bond donors (Lipinski definition) is 6. The number of thiol groups is 1. The zero-order valence-electron chi connectivity index (χ0n) is 65.6. The number of likely N-dealkylation sites (tertiary alicyclic amines) is 2. The topological polar surface area (TPSA) is 273 Å². The van der Waals surface area contributed by atoms with E-state index < -0.39 is 41.1 Å². The maximum absolute atomic E-state index is 13.6. The number of carbonyl (C=O) groups excluding carboxylic acids is 4. The number of benzene rings is 10. The van der Waals surface area contributed by atoms with Crippen LogP contribution >= 0.6 is 21.9 Å². The van der Waals surface area contributed by atoms with Crippen molar-refractivity contribution < 1.29 is 103 Å². The van der Waals surface area contributed by atoms with Crippen LogP contribution in [0.1, 0.15) is 115 Å². The van der Waals surface area contributed by atoms with Crippen LogP contribution < -0.4 is 10.0 Å². The fraction of sp³-hybridized carbons (Fsp3) is 0.242. The van der Waals surface area contributed by atoms with Crippen molar-refractivity contribution in [2.75, 3.05) is 19.7 Å². The third kappa shape index (κ3) is 28.6. The van der Waals surface area contributed by atoms with E-state index in [1.807, 2.05) is 231 Å². The molecule has 10 aromatic carbocycles. The molecule has 4 unspecified atom stereocenters. The van der Waals surface area contributed by atoms with Crippen LogP contribution in [0.4, 0.5) is 16.2 Å². The number of nitrogens with zero attached hydrogens (tertiary/aromatic N) is 6. The van der Waals surface area contributed by atoms with Gasteiger partial charge in [0.05, 0.1) is 35.3 Å². The van der Waals surface area contributed by atoms with Crippen molar-refractivity contribution >= 4 is 113 Å². The molecule has 2 heterocycles. The van der Waals surface area contributed by atoms with E-state index in [9.17, 15) is 48.9 Å². The van der Waals surface area contributed by atoms with Gasteiger partial charge in [-0.3, -0.25) is 24.5 Å². The first kappa shape index (κ1) is 97.3. The van der Waals surface area contributed by atoms with Crippen molar-refractivity contribution in [2.24, 2.45) is 9.98 Å². The predicted octanol–water partition coefficient (Wildman–Crippen LogP) is 16.1. The summed E-state index contributed by atoms with van der Waals surface area (Å²) in [6, 6.07) is 86.9. The Morgan fingerprint density at radius 3 is 1.31 bits per heavy atom. The molecule has 27 heteroatoms. The van der Waals surface area contributed by atoms with Gasteiger partial charge in [-0.25, -0.2) is 34.6 Å². The number of carboxylic acids is 3. The van der Waals surface area contributed by atoms with E-state index in [-0.39, 0.29) is 110 Å². The summed E-state index contributed by atoms with van der Waals surface area (Å²) in [5.41, 5.74) is 10.2. The number of aliphatic imine (C=N–C) groups is 2. The molecule has 5 N–H and O–H groups in total. The van der Waals surface area contributed by atoms with Gasteiger partial charge in [0, 0.05) is 43.0 Å². The minimum absolute atomic E-state index is 0. The van der Waals surface area contributed by atoms with Gasteiger partial charge in [0.15, 0.2) is 5.54 Å². The number of fused-ring (bicyclic) bond motifs is 3. The van der Waals surface area contributed by atoms with Crippen LogP contribution in [0.2, 0.25) is 0 Å². The Balaban J connectivity index is 0.000000258. The van der Waals surface area contributed by atoms with Gasteiger partial charge in [0.2, 0.25) is 0 Å². The summed E-state index contributed by atoms with van der Waals surface area (Å²) in [4.78, 5) is 98.8. The largest absolute Gasteiger partial charge is 2.00 e. The number of carboxylic acid groups (broad SMARTS) is 3. The molecular weight excluding hydrogens is 1670 g/mol. The van der Waals surface area contributed by atoms with E-state index in [0.717, 1.165) is 88.8 Å². The molecule has 0 aromatic heterocycles. The SMILES string of the molecule is CC([C-]=O)NS.C[C@@](Cc1ccccc1)(N=C(c1ccccc1)c1ccccc1[N-]C(=O)C1CCCN1Cc1ccccc1)C(=O)O.C[C@@](Cc1ccccc1)(NC(=O)OCC1c2ccccc2-c2ccccc21)C(=O)O.C[C@H](N=C(c1ccccc1)c1ccccc1[N-]C(=O)C1CCCN1Cc1ccccc1)C(=O)O.[B]B(P)[S-].[Ni+2].[Ni+2].[Ni+2]. The quantitative estimate of drug-likeness (QED) is 0.00734. The number of amides is 3. The number of rotatable bonds is 26. The average Bonchev–Trinajstić information content (AvgIpc) is 1.59. The summed E-state index contributed by atoms with van der Waals surface area (Å²) in [5, 5.41) is 41.2. The second-order valence-electron chi connectivity index (χ2n) is 28.3. The first-order chi connectivity index (χ1) is 55.5. The summed E-state index contributed by atoms with van der Waals surface area (Å²) < 4.78 is 7.90. The minimum atomic E-state index is -1.47. The molecule has 19 nitrogen and oxygen atoms in total. The van der Waals surface area contributed by atoms with Gasteiger partial charge in [-0.1, -0.05) is 292 Å². The van der Waals surface area contributed by atoms with Gasteiger partial charge in [0.25, 0.3) is 0 Å². The molecule has 10 aromatic rings. The van der Waals surface area contributed by atoms with E-state index in [1.54, 1.807) is 32.3 Å².